The Bertz CT molecular complexity index is 1110. The summed E-state index contributed by atoms with van der Waals surface area (Å²) in [5.74, 6) is 0.347. The van der Waals surface area contributed by atoms with Gasteiger partial charge in [0.15, 0.2) is 18.0 Å². The highest BCUT2D eigenvalue weighted by molar-refractivity contribution is 6.10. The van der Waals surface area contributed by atoms with Gasteiger partial charge in [-0.2, -0.15) is 0 Å². The van der Waals surface area contributed by atoms with E-state index in [9.17, 15) is 14.4 Å². The van der Waals surface area contributed by atoms with Gasteiger partial charge in [0.1, 0.15) is 11.5 Å². The van der Waals surface area contributed by atoms with Crippen molar-refractivity contribution in [2.45, 2.75) is 26.4 Å². The van der Waals surface area contributed by atoms with Gasteiger partial charge < -0.3 is 14.4 Å². The SMILES string of the molecule is C=CCN1C(=O)COc2ccc(C(=O)CN3C(=O)C(C)(C)Oc4ccc(C)cc43)cc21. The summed E-state index contributed by atoms with van der Waals surface area (Å²) < 4.78 is 11.3. The van der Waals surface area contributed by atoms with E-state index in [0.717, 1.165) is 5.56 Å². The fourth-order valence-electron chi connectivity index (χ4n) is 3.77. The first kappa shape index (κ1) is 20.7. The highest BCUT2D eigenvalue weighted by Gasteiger charge is 2.41. The smallest absolute Gasteiger partial charge is 0.271 e. The van der Waals surface area contributed by atoms with Crippen molar-refractivity contribution < 1.29 is 23.9 Å². The molecule has 0 radical (unpaired) electrons. The van der Waals surface area contributed by atoms with E-state index in [-0.39, 0.29) is 30.7 Å². The molecule has 0 atom stereocenters. The van der Waals surface area contributed by atoms with E-state index in [1.54, 1.807) is 38.1 Å². The molecule has 2 aliphatic rings. The molecule has 7 nitrogen and oxygen atoms in total. The Morgan fingerprint density at radius 2 is 1.81 bits per heavy atom. The molecule has 0 saturated carbocycles. The zero-order valence-electron chi connectivity index (χ0n) is 17.8. The molecule has 0 spiro atoms. The Kier molecular flexibility index (Phi) is 5.05. The first-order chi connectivity index (χ1) is 14.7. The second kappa shape index (κ2) is 7.58. The van der Waals surface area contributed by atoms with Crippen LogP contribution in [0, 0.1) is 6.92 Å². The zero-order valence-corrected chi connectivity index (χ0v) is 17.8. The number of benzene rings is 2. The first-order valence-electron chi connectivity index (χ1n) is 10.0. The van der Waals surface area contributed by atoms with Crippen molar-refractivity contribution in [3.8, 4) is 11.5 Å². The summed E-state index contributed by atoms with van der Waals surface area (Å²) in [6, 6.07) is 10.5. The lowest BCUT2D eigenvalue weighted by Crippen LogP contribution is -2.53. The third-order valence-corrected chi connectivity index (χ3v) is 5.37. The lowest BCUT2D eigenvalue weighted by Gasteiger charge is -2.38. The Labute approximate surface area is 180 Å². The molecular formula is C24H24N2O5. The van der Waals surface area contributed by atoms with Crippen LogP contribution in [-0.4, -0.2) is 42.9 Å². The van der Waals surface area contributed by atoms with E-state index < -0.39 is 5.60 Å². The molecule has 31 heavy (non-hydrogen) atoms. The Balaban J connectivity index is 1.67. The molecule has 0 N–H and O–H groups in total. The van der Waals surface area contributed by atoms with Crippen LogP contribution >= 0.6 is 0 Å². The van der Waals surface area contributed by atoms with E-state index >= 15 is 0 Å². The van der Waals surface area contributed by atoms with Crippen molar-refractivity contribution in [1.29, 1.82) is 0 Å². The number of rotatable bonds is 5. The number of hydrogen-bond acceptors (Lipinski definition) is 5. The fraction of sp³-hybridized carbons (Fsp3) is 0.292. The molecule has 2 aromatic carbocycles. The highest BCUT2D eigenvalue weighted by atomic mass is 16.5. The van der Waals surface area contributed by atoms with Gasteiger partial charge in [-0.25, -0.2) is 0 Å². The fourth-order valence-corrected chi connectivity index (χ4v) is 3.77. The van der Waals surface area contributed by atoms with Crippen LogP contribution in [0.5, 0.6) is 11.5 Å². The standard InChI is InChI=1S/C24H24N2O5/c1-5-10-25-18-12-16(7-9-20(18)30-14-22(25)28)19(27)13-26-17-11-15(2)6-8-21(17)31-24(3,4)23(26)29/h5-9,11-12H,1,10,13-14H2,2-4H3. The molecule has 2 amide bonds. The summed E-state index contributed by atoms with van der Waals surface area (Å²) in [7, 11) is 0. The van der Waals surface area contributed by atoms with E-state index in [1.165, 1.54) is 9.80 Å². The molecule has 0 aliphatic carbocycles. The van der Waals surface area contributed by atoms with Gasteiger partial charge in [0, 0.05) is 12.1 Å². The van der Waals surface area contributed by atoms with Gasteiger partial charge in [0.2, 0.25) is 0 Å². The summed E-state index contributed by atoms with van der Waals surface area (Å²) in [6.45, 7) is 9.10. The minimum absolute atomic E-state index is 0.0539. The average molecular weight is 420 g/mol. The van der Waals surface area contributed by atoms with Crippen LogP contribution in [0.2, 0.25) is 0 Å². The van der Waals surface area contributed by atoms with Gasteiger partial charge in [-0.1, -0.05) is 12.1 Å². The molecule has 0 fully saturated rings. The number of anilines is 2. The van der Waals surface area contributed by atoms with Crippen LogP contribution in [0.1, 0.15) is 29.8 Å². The number of ether oxygens (including phenoxy) is 2. The quantitative estimate of drug-likeness (QED) is 0.548. The number of aryl methyl sites for hydroxylation is 1. The maximum Gasteiger partial charge on any atom is 0.271 e. The molecule has 160 valence electrons. The largest absolute Gasteiger partial charge is 0.482 e. The number of carbonyl (C=O) groups is 3. The Hall–Kier alpha value is -3.61. The number of ketones is 1. The predicted molar refractivity (Wildman–Crippen MR) is 117 cm³/mol. The monoisotopic (exact) mass is 420 g/mol. The summed E-state index contributed by atoms with van der Waals surface area (Å²) in [6.07, 6.45) is 1.62. The molecule has 4 rings (SSSR count). The van der Waals surface area contributed by atoms with Crippen molar-refractivity contribution in [2.24, 2.45) is 0 Å². The van der Waals surface area contributed by atoms with Gasteiger partial charge in [-0.15, -0.1) is 6.58 Å². The van der Waals surface area contributed by atoms with Crippen LogP contribution < -0.4 is 19.3 Å². The highest BCUT2D eigenvalue weighted by Crippen LogP contribution is 2.39. The van der Waals surface area contributed by atoms with Crippen LogP contribution in [0.4, 0.5) is 11.4 Å². The summed E-state index contributed by atoms with van der Waals surface area (Å²) in [5.41, 5.74) is 1.35. The lowest BCUT2D eigenvalue weighted by molar-refractivity contribution is -0.132. The third-order valence-electron chi connectivity index (χ3n) is 5.37. The number of Topliss-reactive ketones (excluding diaryl/α,β-unsaturated/α-hetero) is 1. The number of carbonyl (C=O) groups excluding carboxylic acids is 3. The number of amides is 2. The number of fused-ring (bicyclic) bond motifs is 2. The van der Waals surface area contributed by atoms with Gasteiger partial charge >= 0.3 is 0 Å². The van der Waals surface area contributed by atoms with Crippen LogP contribution in [-0.2, 0) is 9.59 Å². The predicted octanol–water partition coefficient (Wildman–Crippen LogP) is 3.29. The van der Waals surface area contributed by atoms with E-state index in [0.29, 0.717) is 35.0 Å². The molecule has 7 heteroatoms. The van der Waals surface area contributed by atoms with Gasteiger partial charge in [-0.3, -0.25) is 19.3 Å². The van der Waals surface area contributed by atoms with E-state index in [4.69, 9.17) is 9.47 Å². The van der Waals surface area contributed by atoms with Crippen molar-refractivity contribution in [3.05, 3.63) is 60.2 Å². The topological polar surface area (TPSA) is 76.2 Å². The van der Waals surface area contributed by atoms with Crippen molar-refractivity contribution in [1.82, 2.24) is 0 Å². The van der Waals surface area contributed by atoms with Gasteiger partial charge in [0.25, 0.3) is 11.8 Å². The van der Waals surface area contributed by atoms with Crippen molar-refractivity contribution >= 4 is 29.0 Å². The normalized spacial score (nSPS) is 16.7. The second-order valence-electron chi connectivity index (χ2n) is 8.16. The van der Waals surface area contributed by atoms with Crippen LogP contribution in [0.25, 0.3) is 0 Å². The maximum atomic E-state index is 13.2. The average Bonchev–Trinajstić information content (AvgIpc) is 2.73. The Morgan fingerprint density at radius 3 is 2.55 bits per heavy atom. The molecule has 0 saturated heterocycles. The molecule has 2 aromatic rings. The van der Waals surface area contributed by atoms with Gasteiger partial charge in [0.05, 0.1) is 17.9 Å². The molecule has 0 unspecified atom stereocenters. The lowest BCUT2D eigenvalue weighted by atomic mass is 10.0. The van der Waals surface area contributed by atoms with Gasteiger partial charge in [-0.05, 0) is 56.7 Å². The molecule has 2 heterocycles. The van der Waals surface area contributed by atoms with Crippen LogP contribution in [0.3, 0.4) is 0 Å². The zero-order chi connectivity index (χ0) is 22.3. The number of hydrogen-bond donors (Lipinski definition) is 0. The minimum atomic E-state index is -1.08. The van der Waals surface area contributed by atoms with E-state index in [1.807, 2.05) is 25.1 Å². The minimum Gasteiger partial charge on any atom is -0.482 e. The third kappa shape index (κ3) is 3.67. The maximum absolute atomic E-state index is 13.2. The summed E-state index contributed by atoms with van der Waals surface area (Å²) in [4.78, 5) is 41.5. The summed E-state index contributed by atoms with van der Waals surface area (Å²) >= 11 is 0. The van der Waals surface area contributed by atoms with Crippen molar-refractivity contribution in [2.75, 3.05) is 29.5 Å². The molecular weight excluding hydrogens is 396 g/mol. The molecule has 0 bridgehead atoms. The Morgan fingerprint density at radius 1 is 1.10 bits per heavy atom. The van der Waals surface area contributed by atoms with Crippen molar-refractivity contribution in [3.63, 3.8) is 0 Å². The van der Waals surface area contributed by atoms with E-state index in [2.05, 4.69) is 6.58 Å². The first-order valence-corrected chi connectivity index (χ1v) is 10.0. The number of nitrogens with zero attached hydrogens (tertiary/aromatic N) is 2. The second-order valence-corrected chi connectivity index (χ2v) is 8.16. The summed E-state index contributed by atoms with van der Waals surface area (Å²) in [5, 5.41) is 0. The molecule has 2 aliphatic heterocycles. The molecule has 0 aromatic heterocycles. The van der Waals surface area contributed by atoms with Crippen LogP contribution in [0.15, 0.2) is 49.1 Å².